The fraction of sp³-hybridized carbons (Fsp3) is 0.500. The Kier molecular flexibility index (Phi) is 10.3. The van der Waals surface area contributed by atoms with Crippen LogP contribution in [0, 0.1) is 0 Å². The number of aliphatic hydroxyl groups excluding tert-OH is 2. The molecule has 0 bridgehead atoms. The Balaban J connectivity index is 0.00000110. The molecule has 2 N–H and O–H groups in total. The van der Waals surface area contributed by atoms with E-state index in [0.717, 1.165) is 0 Å². The Morgan fingerprint density at radius 2 is 1.80 bits per heavy atom. The lowest BCUT2D eigenvalue weighted by molar-refractivity contribution is -0.157. The fourth-order valence-corrected chi connectivity index (χ4v) is 1.49. The molecule has 0 saturated heterocycles. The molecule has 114 valence electrons. The second-order valence-corrected chi connectivity index (χ2v) is 3.82. The zero-order valence-electron chi connectivity index (χ0n) is 12.0. The minimum Gasteiger partial charge on any atom is -0.494 e. The Labute approximate surface area is 118 Å². The van der Waals surface area contributed by atoms with Gasteiger partial charge in [0.05, 0.1) is 19.1 Å². The maximum atomic E-state index is 10.1. The lowest BCUT2D eigenvalue weighted by atomic mass is 9.99. The molecule has 6 heteroatoms. The number of methoxy groups -OCH3 is 1. The second-order valence-electron chi connectivity index (χ2n) is 3.82. The predicted molar refractivity (Wildman–Crippen MR) is 73.5 cm³/mol. The van der Waals surface area contributed by atoms with E-state index in [-0.39, 0.29) is 13.1 Å². The van der Waals surface area contributed by atoms with E-state index in [9.17, 15) is 9.90 Å². The van der Waals surface area contributed by atoms with Crippen molar-refractivity contribution in [3.05, 3.63) is 29.8 Å². The first-order chi connectivity index (χ1) is 9.64. The molecular weight excluding hydrogens is 264 g/mol. The molecule has 0 spiro atoms. The van der Waals surface area contributed by atoms with Crippen LogP contribution in [0.5, 0.6) is 5.75 Å². The second kappa shape index (κ2) is 11.2. The van der Waals surface area contributed by atoms with Crippen LogP contribution in [-0.2, 0) is 14.3 Å². The van der Waals surface area contributed by atoms with Crippen molar-refractivity contribution in [1.29, 1.82) is 0 Å². The Morgan fingerprint density at radius 1 is 1.25 bits per heavy atom. The molecule has 0 radical (unpaired) electrons. The van der Waals surface area contributed by atoms with Crippen molar-refractivity contribution >= 4 is 6.47 Å². The molecule has 0 fully saturated rings. The number of benzene rings is 1. The molecule has 0 amide bonds. The number of hydrogen-bond donors (Lipinski definition) is 2. The van der Waals surface area contributed by atoms with E-state index in [0.29, 0.717) is 17.9 Å². The van der Waals surface area contributed by atoms with E-state index in [1.807, 2.05) is 6.92 Å². The van der Waals surface area contributed by atoms with Crippen LogP contribution < -0.4 is 4.74 Å². The minimum atomic E-state index is -1.35. The Morgan fingerprint density at radius 3 is 2.20 bits per heavy atom. The molecule has 0 aromatic heterocycles. The SMILES string of the molecule is CCOc1ccc(C(CO)C(O)OC=O)cc1.COC. The lowest BCUT2D eigenvalue weighted by Gasteiger charge is -2.19. The quantitative estimate of drug-likeness (QED) is 0.572. The van der Waals surface area contributed by atoms with Gasteiger partial charge in [-0.25, -0.2) is 0 Å². The monoisotopic (exact) mass is 286 g/mol. The van der Waals surface area contributed by atoms with Gasteiger partial charge < -0.3 is 24.4 Å². The van der Waals surface area contributed by atoms with Crippen LogP contribution in [0.15, 0.2) is 24.3 Å². The van der Waals surface area contributed by atoms with Crippen molar-refractivity contribution in [3.8, 4) is 5.75 Å². The summed E-state index contributed by atoms with van der Waals surface area (Å²) >= 11 is 0. The van der Waals surface area contributed by atoms with E-state index in [4.69, 9.17) is 9.84 Å². The highest BCUT2D eigenvalue weighted by molar-refractivity contribution is 5.38. The average molecular weight is 286 g/mol. The molecular formula is C14H22O6. The molecule has 6 nitrogen and oxygen atoms in total. The highest BCUT2D eigenvalue weighted by Crippen LogP contribution is 2.22. The van der Waals surface area contributed by atoms with Crippen molar-refractivity contribution in [2.45, 2.75) is 19.1 Å². The predicted octanol–water partition coefficient (Wildman–Crippen LogP) is 0.915. The van der Waals surface area contributed by atoms with Crippen LogP contribution in [-0.4, -0.2) is 50.4 Å². The molecule has 0 saturated carbocycles. The van der Waals surface area contributed by atoms with Gasteiger partial charge in [0.1, 0.15) is 5.75 Å². The van der Waals surface area contributed by atoms with Crippen LogP contribution in [0.3, 0.4) is 0 Å². The number of carbonyl (C=O) groups excluding carboxylic acids is 1. The van der Waals surface area contributed by atoms with Crippen LogP contribution >= 0.6 is 0 Å². The zero-order valence-corrected chi connectivity index (χ0v) is 12.0. The molecule has 1 aromatic rings. The van der Waals surface area contributed by atoms with Crippen molar-refractivity contribution in [1.82, 2.24) is 0 Å². The van der Waals surface area contributed by atoms with Gasteiger partial charge in [0, 0.05) is 14.2 Å². The summed E-state index contributed by atoms with van der Waals surface area (Å²) in [5.74, 6) is 0.0506. The lowest BCUT2D eigenvalue weighted by Crippen LogP contribution is -2.24. The van der Waals surface area contributed by atoms with Gasteiger partial charge in [0.2, 0.25) is 6.29 Å². The van der Waals surface area contributed by atoms with E-state index in [1.54, 1.807) is 38.5 Å². The number of rotatable bonds is 7. The molecule has 1 rings (SSSR count). The average Bonchev–Trinajstić information content (AvgIpc) is 2.43. The van der Waals surface area contributed by atoms with Crippen molar-refractivity contribution < 1.29 is 29.2 Å². The first kappa shape index (κ1) is 18.4. The Hall–Kier alpha value is -1.63. The molecule has 2 unspecified atom stereocenters. The molecule has 0 aliphatic carbocycles. The number of aliphatic hydroxyl groups is 2. The zero-order chi connectivity index (χ0) is 15.4. The summed E-state index contributed by atoms with van der Waals surface area (Å²) in [6.07, 6.45) is -1.35. The summed E-state index contributed by atoms with van der Waals surface area (Å²) in [6.45, 7) is 2.29. The molecule has 0 heterocycles. The number of carbonyl (C=O) groups is 1. The van der Waals surface area contributed by atoms with Crippen LogP contribution in [0.2, 0.25) is 0 Å². The van der Waals surface area contributed by atoms with Gasteiger partial charge >= 0.3 is 0 Å². The maximum Gasteiger partial charge on any atom is 0.295 e. The molecule has 1 aromatic carbocycles. The summed E-state index contributed by atoms with van der Waals surface area (Å²) in [5, 5.41) is 18.7. The summed E-state index contributed by atoms with van der Waals surface area (Å²) < 4.78 is 13.9. The van der Waals surface area contributed by atoms with Crippen molar-refractivity contribution in [2.75, 3.05) is 27.4 Å². The topological polar surface area (TPSA) is 85.2 Å². The van der Waals surface area contributed by atoms with Crippen molar-refractivity contribution in [2.24, 2.45) is 0 Å². The van der Waals surface area contributed by atoms with Crippen molar-refractivity contribution in [3.63, 3.8) is 0 Å². The smallest absolute Gasteiger partial charge is 0.295 e. The first-order valence-corrected chi connectivity index (χ1v) is 6.15. The van der Waals surface area contributed by atoms with E-state index < -0.39 is 12.2 Å². The minimum absolute atomic E-state index is 0.155. The third-order valence-corrected chi connectivity index (χ3v) is 2.36. The summed E-state index contributed by atoms with van der Waals surface area (Å²) in [4.78, 5) is 10.1. The van der Waals surface area contributed by atoms with E-state index in [1.165, 1.54) is 0 Å². The Bertz CT molecular complexity index is 351. The molecule has 2 atom stereocenters. The van der Waals surface area contributed by atoms with E-state index in [2.05, 4.69) is 9.47 Å². The third kappa shape index (κ3) is 6.51. The largest absolute Gasteiger partial charge is 0.494 e. The first-order valence-electron chi connectivity index (χ1n) is 6.15. The number of hydrogen-bond acceptors (Lipinski definition) is 6. The van der Waals surface area contributed by atoms with E-state index >= 15 is 0 Å². The summed E-state index contributed by atoms with van der Waals surface area (Å²) in [5.41, 5.74) is 0.672. The molecule has 0 aliphatic heterocycles. The summed E-state index contributed by atoms with van der Waals surface area (Å²) in [7, 11) is 3.25. The van der Waals surface area contributed by atoms with Crippen LogP contribution in [0.4, 0.5) is 0 Å². The van der Waals surface area contributed by atoms with Gasteiger partial charge in [-0.1, -0.05) is 12.1 Å². The van der Waals surface area contributed by atoms with Gasteiger partial charge in [-0.15, -0.1) is 0 Å². The van der Waals surface area contributed by atoms with Gasteiger partial charge in [0.25, 0.3) is 6.47 Å². The summed E-state index contributed by atoms with van der Waals surface area (Å²) in [6, 6.07) is 6.89. The maximum absolute atomic E-state index is 10.1. The molecule has 0 aliphatic rings. The van der Waals surface area contributed by atoms with Gasteiger partial charge in [-0.3, -0.25) is 4.79 Å². The standard InChI is InChI=1S/C12H16O5.C2H6O/c1-2-16-10-5-3-9(4-6-10)11(7-13)12(15)17-8-14;1-3-2/h3-6,8,11-13,15H,2,7H2,1H3;1-2H3. The number of ether oxygens (including phenoxy) is 3. The highest BCUT2D eigenvalue weighted by atomic mass is 16.6. The highest BCUT2D eigenvalue weighted by Gasteiger charge is 2.21. The normalized spacial score (nSPS) is 12.7. The van der Waals surface area contributed by atoms with Crippen LogP contribution in [0.1, 0.15) is 18.4 Å². The molecule has 20 heavy (non-hydrogen) atoms. The van der Waals surface area contributed by atoms with Crippen LogP contribution in [0.25, 0.3) is 0 Å². The van der Waals surface area contributed by atoms with Gasteiger partial charge in [-0.2, -0.15) is 0 Å². The third-order valence-electron chi connectivity index (χ3n) is 2.36. The van der Waals surface area contributed by atoms with Gasteiger partial charge in [-0.05, 0) is 24.6 Å². The van der Waals surface area contributed by atoms with Gasteiger partial charge in [0.15, 0.2) is 0 Å². The fourth-order valence-electron chi connectivity index (χ4n) is 1.49.